The number of benzene rings is 1. The SMILES string of the molecule is CCC(C)(C(=O)Cc1cccc(O)c1)N1CCCCC1. The number of carbonyl (C=O) groups is 1. The Hall–Kier alpha value is -1.35. The Balaban J connectivity index is 2.11. The summed E-state index contributed by atoms with van der Waals surface area (Å²) in [7, 11) is 0. The second-order valence-corrected chi connectivity index (χ2v) is 5.94. The summed E-state index contributed by atoms with van der Waals surface area (Å²) >= 11 is 0. The Morgan fingerprint density at radius 1 is 1.30 bits per heavy atom. The number of piperidine rings is 1. The van der Waals surface area contributed by atoms with Gasteiger partial charge in [-0.3, -0.25) is 9.69 Å². The van der Waals surface area contributed by atoms with Gasteiger partial charge in [-0.05, 0) is 57.0 Å². The van der Waals surface area contributed by atoms with Crippen LogP contribution in [0.15, 0.2) is 24.3 Å². The molecular formula is C17H25NO2. The van der Waals surface area contributed by atoms with E-state index >= 15 is 0 Å². The van der Waals surface area contributed by atoms with E-state index in [1.54, 1.807) is 18.2 Å². The van der Waals surface area contributed by atoms with Gasteiger partial charge >= 0.3 is 0 Å². The molecule has 0 bridgehead atoms. The van der Waals surface area contributed by atoms with Crippen LogP contribution in [0.25, 0.3) is 0 Å². The van der Waals surface area contributed by atoms with Crippen molar-refractivity contribution in [3.63, 3.8) is 0 Å². The first-order valence-electron chi connectivity index (χ1n) is 7.62. The fraction of sp³-hybridized carbons (Fsp3) is 0.588. The minimum Gasteiger partial charge on any atom is -0.508 e. The first-order chi connectivity index (χ1) is 9.56. The number of phenolic OH excluding ortho intramolecular Hbond substituents is 1. The van der Waals surface area contributed by atoms with Crippen molar-refractivity contribution in [2.24, 2.45) is 0 Å². The number of aromatic hydroxyl groups is 1. The van der Waals surface area contributed by atoms with E-state index in [-0.39, 0.29) is 17.1 Å². The van der Waals surface area contributed by atoms with Crippen LogP contribution in [-0.4, -0.2) is 34.4 Å². The predicted molar refractivity (Wildman–Crippen MR) is 80.9 cm³/mol. The quantitative estimate of drug-likeness (QED) is 0.897. The number of hydrogen-bond acceptors (Lipinski definition) is 3. The fourth-order valence-corrected chi connectivity index (χ4v) is 3.03. The topological polar surface area (TPSA) is 40.5 Å². The molecule has 1 fully saturated rings. The number of hydrogen-bond donors (Lipinski definition) is 1. The molecule has 1 heterocycles. The third-order valence-corrected chi connectivity index (χ3v) is 4.62. The molecule has 1 unspecified atom stereocenters. The highest BCUT2D eigenvalue weighted by molar-refractivity contribution is 5.89. The van der Waals surface area contributed by atoms with Gasteiger partial charge in [0.2, 0.25) is 0 Å². The van der Waals surface area contributed by atoms with Crippen LogP contribution in [0.3, 0.4) is 0 Å². The summed E-state index contributed by atoms with van der Waals surface area (Å²) in [5, 5.41) is 9.51. The van der Waals surface area contributed by atoms with E-state index in [2.05, 4.69) is 18.7 Å². The van der Waals surface area contributed by atoms with Crippen molar-refractivity contribution in [3.05, 3.63) is 29.8 Å². The number of phenols is 1. The summed E-state index contributed by atoms with van der Waals surface area (Å²) < 4.78 is 0. The lowest BCUT2D eigenvalue weighted by Crippen LogP contribution is -2.54. The Bertz CT molecular complexity index is 466. The first kappa shape index (κ1) is 15.0. The molecule has 1 aliphatic heterocycles. The first-order valence-corrected chi connectivity index (χ1v) is 7.62. The van der Waals surface area contributed by atoms with Crippen molar-refractivity contribution in [3.8, 4) is 5.75 Å². The van der Waals surface area contributed by atoms with Crippen LogP contribution in [-0.2, 0) is 11.2 Å². The zero-order valence-corrected chi connectivity index (χ0v) is 12.6. The molecule has 0 aromatic heterocycles. The monoisotopic (exact) mass is 275 g/mol. The molecule has 0 amide bonds. The molecule has 1 aliphatic rings. The molecular weight excluding hydrogens is 250 g/mol. The Labute approximate surface area is 121 Å². The van der Waals surface area contributed by atoms with Gasteiger partial charge in [-0.1, -0.05) is 25.5 Å². The number of carbonyl (C=O) groups excluding carboxylic acids is 1. The standard InChI is InChI=1S/C17H25NO2/c1-3-17(2,18-10-5-4-6-11-18)16(20)13-14-8-7-9-15(19)12-14/h7-9,12,19H,3-6,10-11,13H2,1-2H3. The molecule has 110 valence electrons. The van der Waals surface area contributed by atoms with Gasteiger partial charge in [0.25, 0.3) is 0 Å². The summed E-state index contributed by atoms with van der Waals surface area (Å²) in [6.45, 7) is 6.21. The van der Waals surface area contributed by atoms with Gasteiger partial charge in [-0.15, -0.1) is 0 Å². The maximum absolute atomic E-state index is 12.8. The van der Waals surface area contributed by atoms with Crippen LogP contribution in [0, 0.1) is 0 Å². The Kier molecular flexibility index (Phi) is 4.81. The van der Waals surface area contributed by atoms with Crippen molar-refractivity contribution < 1.29 is 9.90 Å². The van der Waals surface area contributed by atoms with E-state index in [4.69, 9.17) is 0 Å². The summed E-state index contributed by atoms with van der Waals surface area (Å²) in [6, 6.07) is 7.02. The van der Waals surface area contributed by atoms with E-state index < -0.39 is 0 Å². The van der Waals surface area contributed by atoms with E-state index in [9.17, 15) is 9.90 Å². The van der Waals surface area contributed by atoms with Crippen LogP contribution >= 0.6 is 0 Å². The molecule has 20 heavy (non-hydrogen) atoms. The molecule has 0 saturated carbocycles. The maximum atomic E-state index is 12.8. The molecule has 0 aliphatic carbocycles. The van der Waals surface area contributed by atoms with Crippen molar-refractivity contribution >= 4 is 5.78 Å². The Morgan fingerprint density at radius 3 is 2.60 bits per heavy atom. The summed E-state index contributed by atoms with van der Waals surface area (Å²) in [6.07, 6.45) is 4.89. The van der Waals surface area contributed by atoms with Crippen molar-refractivity contribution in [2.75, 3.05) is 13.1 Å². The molecule has 1 atom stereocenters. The lowest BCUT2D eigenvalue weighted by Gasteiger charge is -2.42. The molecule has 3 nitrogen and oxygen atoms in total. The molecule has 0 radical (unpaired) electrons. The number of nitrogens with zero attached hydrogens (tertiary/aromatic N) is 1. The highest BCUT2D eigenvalue weighted by Gasteiger charge is 2.37. The van der Waals surface area contributed by atoms with Crippen LogP contribution in [0.5, 0.6) is 5.75 Å². The predicted octanol–water partition coefficient (Wildman–Crippen LogP) is 3.16. The Morgan fingerprint density at radius 2 is 2.00 bits per heavy atom. The largest absolute Gasteiger partial charge is 0.508 e. The fourth-order valence-electron chi connectivity index (χ4n) is 3.03. The average molecular weight is 275 g/mol. The minimum absolute atomic E-state index is 0.228. The van der Waals surface area contributed by atoms with Crippen molar-refractivity contribution in [1.82, 2.24) is 4.90 Å². The smallest absolute Gasteiger partial charge is 0.157 e. The van der Waals surface area contributed by atoms with Gasteiger partial charge in [0.1, 0.15) is 5.75 Å². The second kappa shape index (κ2) is 6.40. The van der Waals surface area contributed by atoms with Gasteiger partial charge in [-0.2, -0.15) is 0 Å². The molecule has 2 rings (SSSR count). The zero-order chi connectivity index (χ0) is 14.6. The molecule has 3 heteroatoms. The number of likely N-dealkylation sites (tertiary alicyclic amines) is 1. The van der Waals surface area contributed by atoms with Crippen LogP contribution in [0.2, 0.25) is 0 Å². The molecule has 1 N–H and O–H groups in total. The molecule has 1 aromatic carbocycles. The van der Waals surface area contributed by atoms with Gasteiger partial charge in [0, 0.05) is 6.42 Å². The van der Waals surface area contributed by atoms with Crippen molar-refractivity contribution in [2.45, 2.75) is 51.5 Å². The summed E-state index contributed by atoms with van der Waals surface area (Å²) in [5.41, 5.74) is 0.526. The van der Waals surface area contributed by atoms with E-state index in [0.717, 1.165) is 25.1 Å². The summed E-state index contributed by atoms with van der Waals surface area (Å²) in [5.74, 6) is 0.485. The van der Waals surface area contributed by atoms with E-state index in [1.807, 2.05) is 6.07 Å². The molecule has 0 spiro atoms. The van der Waals surface area contributed by atoms with Gasteiger partial charge in [0.05, 0.1) is 5.54 Å². The number of ketones is 1. The normalized spacial score (nSPS) is 19.5. The third kappa shape index (κ3) is 3.21. The second-order valence-electron chi connectivity index (χ2n) is 5.94. The molecule has 1 aromatic rings. The van der Waals surface area contributed by atoms with Crippen LogP contribution in [0.1, 0.15) is 45.1 Å². The van der Waals surface area contributed by atoms with E-state index in [1.165, 1.54) is 19.3 Å². The highest BCUT2D eigenvalue weighted by Crippen LogP contribution is 2.26. The van der Waals surface area contributed by atoms with Crippen molar-refractivity contribution in [1.29, 1.82) is 0 Å². The summed E-state index contributed by atoms with van der Waals surface area (Å²) in [4.78, 5) is 15.1. The van der Waals surface area contributed by atoms with Gasteiger partial charge in [-0.25, -0.2) is 0 Å². The molecule has 1 saturated heterocycles. The number of Topliss-reactive ketones (excluding diaryl/α,β-unsaturated/α-hetero) is 1. The third-order valence-electron chi connectivity index (χ3n) is 4.62. The van der Waals surface area contributed by atoms with Crippen LogP contribution in [0.4, 0.5) is 0 Å². The highest BCUT2D eigenvalue weighted by atomic mass is 16.3. The maximum Gasteiger partial charge on any atom is 0.157 e. The minimum atomic E-state index is -0.369. The van der Waals surface area contributed by atoms with Gasteiger partial charge < -0.3 is 5.11 Å². The number of rotatable bonds is 5. The lowest BCUT2D eigenvalue weighted by atomic mass is 9.86. The zero-order valence-electron chi connectivity index (χ0n) is 12.6. The van der Waals surface area contributed by atoms with E-state index in [0.29, 0.717) is 6.42 Å². The van der Waals surface area contributed by atoms with Crippen LogP contribution < -0.4 is 0 Å². The van der Waals surface area contributed by atoms with Gasteiger partial charge in [0.15, 0.2) is 5.78 Å². The average Bonchev–Trinajstić information content (AvgIpc) is 2.47. The lowest BCUT2D eigenvalue weighted by molar-refractivity contribution is -0.130.